The Bertz CT molecular complexity index is 460. The monoisotopic (exact) mass is 296 g/mol. The number of rotatable bonds is 9. The van der Waals surface area contributed by atoms with Crippen molar-refractivity contribution in [3.05, 3.63) is 71.8 Å². The van der Waals surface area contributed by atoms with Gasteiger partial charge in [0.15, 0.2) is 0 Å². The second-order valence-electron chi connectivity index (χ2n) is 5.88. The van der Waals surface area contributed by atoms with E-state index in [-0.39, 0.29) is 0 Å². The summed E-state index contributed by atoms with van der Waals surface area (Å²) in [6.07, 6.45) is 2.40. The fourth-order valence-corrected chi connectivity index (χ4v) is 2.61. The van der Waals surface area contributed by atoms with E-state index in [0.717, 1.165) is 13.1 Å². The first-order valence-electron chi connectivity index (χ1n) is 8.34. The molecule has 2 atom stereocenters. The summed E-state index contributed by atoms with van der Waals surface area (Å²) in [6, 6.07) is 22.1. The predicted octanol–water partition coefficient (Wildman–Crippen LogP) is 4.47. The smallest absolute Gasteiger partial charge is 0.0291 e. The van der Waals surface area contributed by atoms with Gasteiger partial charge in [0.2, 0.25) is 0 Å². The molecule has 0 aromatic heterocycles. The highest BCUT2D eigenvalue weighted by Gasteiger charge is 2.04. The Kier molecular flexibility index (Phi) is 7.14. The molecule has 0 aliphatic heterocycles. The molecular formula is C20H28N2. The molecule has 118 valence electrons. The van der Waals surface area contributed by atoms with Crippen molar-refractivity contribution in [2.24, 2.45) is 0 Å². The van der Waals surface area contributed by atoms with E-state index in [9.17, 15) is 0 Å². The maximum absolute atomic E-state index is 3.59. The SMILES string of the molecule is C[C@H](NCCCCN[C@@H](C)c1ccccc1)c1ccccc1. The van der Waals surface area contributed by atoms with Gasteiger partial charge >= 0.3 is 0 Å². The average Bonchev–Trinajstić information content (AvgIpc) is 2.59. The average molecular weight is 296 g/mol. The van der Waals surface area contributed by atoms with Gasteiger partial charge in [0.1, 0.15) is 0 Å². The van der Waals surface area contributed by atoms with Crippen LogP contribution < -0.4 is 10.6 Å². The van der Waals surface area contributed by atoms with E-state index < -0.39 is 0 Å². The van der Waals surface area contributed by atoms with Crippen molar-refractivity contribution < 1.29 is 0 Å². The standard InChI is InChI=1S/C20H28N2/c1-17(19-11-5-3-6-12-19)21-15-9-10-16-22-18(2)20-13-7-4-8-14-20/h3-8,11-14,17-18,21-22H,9-10,15-16H2,1-2H3/t17-,18-/m0/s1. The number of unbranched alkanes of at least 4 members (excludes halogenated alkanes) is 1. The summed E-state index contributed by atoms with van der Waals surface area (Å²) in [5.74, 6) is 0. The highest BCUT2D eigenvalue weighted by Crippen LogP contribution is 2.12. The van der Waals surface area contributed by atoms with Crippen LogP contribution in [-0.4, -0.2) is 13.1 Å². The van der Waals surface area contributed by atoms with Crippen LogP contribution in [0.4, 0.5) is 0 Å². The quantitative estimate of drug-likeness (QED) is 0.667. The molecule has 0 radical (unpaired) electrons. The Morgan fingerprint density at radius 2 is 1.00 bits per heavy atom. The molecule has 2 aromatic carbocycles. The number of hydrogen-bond donors (Lipinski definition) is 2. The van der Waals surface area contributed by atoms with E-state index in [4.69, 9.17) is 0 Å². The molecule has 2 aromatic rings. The Morgan fingerprint density at radius 3 is 1.36 bits per heavy atom. The minimum absolute atomic E-state index is 0.428. The molecule has 0 saturated carbocycles. The van der Waals surface area contributed by atoms with E-state index >= 15 is 0 Å². The molecule has 0 aliphatic rings. The molecule has 0 heterocycles. The van der Waals surface area contributed by atoms with Gasteiger partial charge in [0, 0.05) is 12.1 Å². The largest absolute Gasteiger partial charge is 0.310 e. The molecular weight excluding hydrogens is 268 g/mol. The van der Waals surface area contributed by atoms with Gasteiger partial charge in [0.25, 0.3) is 0 Å². The van der Waals surface area contributed by atoms with Crippen LogP contribution in [0.2, 0.25) is 0 Å². The van der Waals surface area contributed by atoms with Gasteiger partial charge in [-0.2, -0.15) is 0 Å². The Morgan fingerprint density at radius 1 is 0.636 bits per heavy atom. The minimum atomic E-state index is 0.428. The molecule has 2 nitrogen and oxygen atoms in total. The van der Waals surface area contributed by atoms with Gasteiger partial charge in [-0.3, -0.25) is 0 Å². The molecule has 0 fully saturated rings. The fraction of sp³-hybridized carbons (Fsp3) is 0.400. The topological polar surface area (TPSA) is 24.1 Å². The van der Waals surface area contributed by atoms with Crippen molar-refractivity contribution in [2.75, 3.05) is 13.1 Å². The first-order chi connectivity index (χ1) is 10.8. The van der Waals surface area contributed by atoms with Crippen LogP contribution in [0.5, 0.6) is 0 Å². The molecule has 0 aliphatic carbocycles. The fourth-order valence-electron chi connectivity index (χ4n) is 2.61. The van der Waals surface area contributed by atoms with E-state index in [2.05, 4.69) is 85.1 Å². The van der Waals surface area contributed by atoms with Crippen molar-refractivity contribution >= 4 is 0 Å². The van der Waals surface area contributed by atoms with E-state index in [1.165, 1.54) is 24.0 Å². The lowest BCUT2D eigenvalue weighted by Crippen LogP contribution is -2.23. The Hall–Kier alpha value is -1.64. The van der Waals surface area contributed by atoms with Crippen molar-refractivity contribution in [1.82, 2.24) is 10.6 Å². The van der Waals surface area contributed by atoms with Crippen LogP contribution >= 0.6 is 0 Å². The second-order valence-corrected chi connectivity index (χ2v) is 5.88. The minimum Gasteiger partial charge on any atom is -0.310 e. The number of nitrogens with one attached hydrogen (secondary N) is 2. The molecule has 0 bridgehead atoms. The normalized spacial score (nSPS) is 13.7. The molecule has 22 heavy (non-hydrogen) atoms. The van der Waals surface area contributed by atoms with Crippen LogP contribution in [-0.2, 0) is 0 Å². The number of benzene rings is 2. The summed E-state index contributed by atoms with van der Waals surface area (Å²) in [5.41, 5.74) is 2.72. The first-order valence-corrected chi connectivity index (χ1v) is 8.34. The highest BCUT2D eigenvalue weighted by molar-refractivity contribution is 5.18. The zero-order chi connectivity index (χ0) is 15.6. The summed E-state index contributed by atoms with van der Waals surface area (Å²) in [6.45, 7) is 6.59. The maximum atomic E-state index is 3.59. The molecule has 0 saturated heterocycles. The van der Waals surface area contributed by atoms with Crippen LogP contribution in [0.3, 0.4) is 0 Å². The lowest BCUT2D eigenvalue weighted by atomic mass is 10.1. The third-order valence-corrected chi connectivity index (χ3v) is 4.10. The van der Waals surface area contributed by atoms with E-state index in [1.807, 2.05) is 0 Å². The summed E-state index contributed by atoms with van der Waals surface area (Å²) >= 11 is 0. The maximum Gasteiger partial charge on any atom is 0.0291 e. The third-order valence-electron chi connectivity index (χ3n) is 4.10. The van der Waals surface area contributed by atoms with Gasteiger partial charge in [-0.25, -0.2) is 0 Å². The lowest BCUT2D eigenvalue weighted by molar-refractivity contribution is 0.510. The van der Waals surface area contributed by atoms with E-state index in [0.29, 0.717) is 12.1 Å². The first kappa shape index (κ1) is 16.7. The van der Waals surface area contributed by atoms with Crippen molar-refractivity contribution in [3.8, 4) is 0 Å². The van der Waals surface area contributed by atoms with Crippen molar-refractivity contribution in [2.45, 2.75) is 38.8 Å². The van der Waals surface area contributed by atoms with Crippen molar-refractivity contribution in [1.29, 1.82) is 0 Å². The molecule has 0 unspecified atom stereocenters. The van der Waals surface area contributed by atoms with Crippen molar-refractivity contribution in [3.63, 3.8) is 0 Å². The Balaban J connectivity index is 1.56. The molecule has 0 amide bonds. The zero-order valence-electron chi connectivity index (χ0n) is 13.8. The van der Waals surface area contributed by atoms with Crippen LogP contribution in [0, 0.1) is 0 Å². The molecule has 2 heteroatoms. The van der Waals surface area contributed by atoms with Crippen LogP contribution in [0.15, 0.2) is 60.7 Å². The summed E-state index contributed by atoms with van der Waals surface area (Å²) in [7, 11) is 0. The molecule has 2 N–H and O–H groups in total. The van der Waals surface area contributed by atoms with Gasteiger partial charge in [0.05, 0.1) is 0 Å². The molecule has 0 spiro atoms. The van der Waals surface area contributed by atoms with Gasteiger partial charge in [-0.15, -0.1) is 0 Å². The highest BCUT2D eigenvalue weighted by atomic mass is 14.9. The zero-order valence-corrected chi connectivity index (χ0v) is 13.8. The summed E-state index contributed by atoms with van der Waals surface area (Å²) in [4.78, 5) is 0. The van der Waals surface area contributed by atoms with Gasteiger partial charge < -0.3 is 10.6 Å². The third kappa shape index (κ3) is 5.63. The van der Waals surface area contributed by atoms with Crippen LogP contribution in [0.1, 0.15) is 49.9 Å². The van der Waals surface area contributed by atoms with E-state index in [1.54, 1.807) is 0 Å². The predicted molar refractivity (Wildman–Crippen MR) is 95.0 cm³/mol. The summed E-state index contributed by atoms with van der Waals surface area (Å²) < 4.78 is 0. The van der Waals surface area contributed by atoms with Crippen LogP contribution in [0.25, 0.3) is 0 Å². The summed E-state index contributed by atoms with van der Waals surface area (Å²) in [5, 5.41) is 7.18. The van der Waals surface area contributed by atoms with Gasteiger partial charge in [-0.05, 0) is 50.9 Å². The van der Waals surface area contributed by atoms with Gasteiger partial charge in [-0.1, -0.05) is 60.7 Å². The lowest BCUT2D eigenvalue weighted by Gasteiger charge is -2.16. The molecule has 2 rings (SSSR count). The number of hydrogen-bond acceptors (Lipinski definition) is 2. The Labute approximate surface area is 135 Å². The second kappa shape index (κ2) is 9.39.